The van der Waals surface area contributed by atoms with Crippen LogP contribution in [-0.4, -0.2) is 24.0 Å². The summed E-state index contributed by atoms with van der Waals surface area (Å²) in [5.74, 6) is 0.308. The molecule has 1 aromatic rings. The van der Waals surface area contributed by atoms with Crippen LogP contribution in [0, 0.1) is 0 Å². The molecular formula is C11H12Cl2N2O. The summed E-state index contributed by atoms with van der Waals surface area (Å²) >= 11 is 11.8. The Labute approximate surface area is 104 Å². The van der Waals surface area contributed by atoms with Gasteiger partial charge in [0.25, 0.3) is 0 Å². The predicted octanol–water partition coefficient (Wildman–Crippen LogP) is 2.86. The Morgan fingerprint density at radius 1 is 1.38 bits per heavy atom. The molecule has 0 radical (unpaired) electrons. The minimum atomic E-state index is -0.359. The van der Waals surface area contributed by atoms with Crippen molar-refractivity contribution in [1.82, 2.24) is 4.90 Å². The van der Waals surface area contributed by atoms with Crippen molar-refractivity contribution in [1.29, 1.82) is 0 Å². The monoisotopic (exact) mass is 258 g/mol. The first kappa shape index (κ1) is 11.6. The SMILES string of the molecule is NC(=O)N1CCC(c2ccc(Cl)c(Cl)c2)C1. The van der Waals surface area contributed by atoms with Gasteiger partial charge in [-0.2, -0.15) is 0 Å². The van der Waals surface area contributed by atoms with E-state index in [9.17, 15) is 4.79 Å². The van der Waals surface area contributed by atoms with Crippen molar-refractivity contribution in [2.45, 2.75) is 12.3 Å². The smallest absolute Gasteiger partial charge is 0.314 e. The van der Waals surface area contributed by atoms with E-state index in [0.717, 1.165) is 12.0 Å². The Balaban J connectivity index is 2.14. The second-order valence-electron chi connectivity index (χ2n) is 3.94. The van der Waals surface area contributed by atoms with Crippen LogP contribution in [0.4, 0.5) is 4.79 Å². The maximum Gasteiger partial charge on any atom is 0.314 e. The Morgan fingerprint density at radius 2 is 2.12 bits per heavy atom. The molecule has 3 nitrogen and oxygen atoms in total. The molecule has 16 heavy (non-hydrogen) atoms. The van der Waals surface area contributed by atoms with Crippen molar-refractivity contribution in [2.24, 2.45) is 5.73 Å². The summed E-state index contributed by atoms with van der Waals surface area (Å²) in [5.41, 5.74) is 6.34. The lowest BCUT2D eigenvalue weighted by Gasteiger charge is -2.13. The fourth-order valence-electron chi connectivity index (χ4n) is 2.00. The number of nitrogens with two attached hydrogens (primary N) is 1. The van der Waals surface area contributed by atoms with Gasteiger partial charge in [0, 0.05) is 19.0 Å². The quantitative estimate of drug-likeness (QED) is 0.828. The third-order valence-corrected chi connectivity index (χ3v) is 3.65. The summed E-state index contributed by atoms with van der Waals surface area (Å²) in [7, 11) is 0. The third-order valence-electron chi connectivity index (χ3n) is 2.91. The molecule has 1 aromatic carbocycles. The van der Waals surface area contributed by atoms with Crippen LogP contribution in [0.2, 0.25) is 10.0 Å². The first-order valence-electron chi connectivity index (χ1n) is 5.07. The highest BCUT2D eigenvalue weighted by atomic mass is 35.5. The first-order valence-corrected chi connectivity index (χ1v) is 5.83. The van der Waals surface area contributed by atoms with Crippen LogP contribution in [0.15, 0.2) is 18.2 Å². The van der Waals surface area contributed by atoms with Gasteiger partial charge < -0.3 is 10.6 Å². The topological polar surface area (TPSA) is 46.3 Å². The van der Waals surface area contributed by atoms with Crippen molar-refractivity contribution in [3.05, 3.63) is 33.8 Å². The number of nitrogens with zero attached hydrogens (tertiary/aromatic N) is 1. The normalized spacial score (nSPS) is 20.1. The Bertz CT molecular complexity index is 422. The standard InChI is InChI=1S/C11H12Cl2N2O/c12-9-2-1-7(5-10(9)13)8-3-4-15(6-8)11(14)16/h1-2,5,8H,3-4,6H2,(H2,14,16). The maximum absolute atomic E-state index is 11.0. The highest BCUT2D eigenvalue weighted by molar-refractivity contribution is 6.42. The van der Waals surface area contributed by atoms with Gasteiger partial charge in [-0.05, 0) is 24.1 Å². The van der Waals surface area contributed by atoms with Gasteiger partial charge in [-0.15, -0.1) is 0 Å². The Morgan fingerprint density at radius 3 is 2.69 bits per heavy atom. The van der Waals surface area contributed by atoms with Gasteiger partial charge in [0.15, 0.2) is 0 Å². The van der Waals surface area contributed by atoms with E-state index in [1.165, 1.54) is 0 Å². The second-order valence-corrected chi connectivity index (χ2v) is 4.76. The van der Waals surface area contributed by atoms with Crippen molar-refractivity contribution in [3.63, 3.8) is 0 Å². The highest BCUT2D eigenvalue weighted by Gasteiger charge is 2.26. The van der Waals surface area contributed by atoms with Gasteiger partial charge in [-0.1, -0.05) is 29.3 Å². The van der Waals surface area contributed by atoms with E-state index >= 15 is 0 Å². The molecule has 0 spiro atoms. The average Bonchev–Trinajstić information content (AvgIpc) is 2.71. The van der Waals surface area contributed by atoms with E-state index in [2.05, 4.69) is 0 Å². The van der Waals surface area contributed by atoms with Gasteiger partial charge in [0.2, 0.25) is 0 Å². The second kappa shape index (κ2) is 4.52. The lowest BCUT2D eigenvalue weighted by atomic mass is 9.99. The molecule has 1 fully saturated rings. The Hall–Kier alpha value is -0.930. The molecule has 0 saturated carbocycles. The fraction of sp³-hybridized carbons (Fsp3) is 0.364. The zero-order chi connectivity index (χ0) is 11.7. The van der Waals surface area contributed by atoms with Gasteiger partial charge in [-0.25, -0.2) is 4.79 Å². The number of carbonyl (C=O) groups excluding carboxylic acids is 1. The number of likely N-dealkylation sites (tertiary alicyclic amines) is 1. The van der Waals surface area contributed by atoms with Gasteiger partial charge in [-0.3, -0.25) is 0 Å². The molecule has 2 N–H and O–H groups in total. The molecule has 1 aliphatic rings. The van der Waals surface area contributed by atoms with Crippen molar-refractivity contribution >= 4 is 29.2 Å². The van der Waals surface area contributed by atoms with Crippen molar-refractivity contribution in [3.8, 4) is 0 Å². The van der Waals surface area contributed by atoms with E-state index in [-0.39, 0.29) is 6.03 Å². The molecule has 1 unspecified atom stereocenters. The molecule has 1 atom stereocenters. The van der Waals surface area contributed by atoms with Gasteiger partial charge in [0.1, 0.15) is 0 Å². The molecule has 86 valence electrons. The van der Waals surface area contributed by atoms with Crippen LogP contribution in [0.5, 0.6) is 0 Å². The van der Waals surface area contributed by atoms with Crippen LogP contribution >= 0.6 is 23.2 Å². The number of hydrogen-bond donors (Lipinski definition) is 1. The number of hydrogen-bond acceptors (Lipinski definition) is 1. The zero-order valence-corrected chi connectivity index (χ0v) is 10.1. The highest BCUT2D eigenvalue weighted by Crippen LogP contribution is 2.31. The minimum Gasteiger partial charge on any atom is -0.351 e. The van der Waals surface area contributed by atoms with E-state index < -0.39 is 0 Å². The Kier molecular flexibility index (Phi) is 3.26. The maximum atomic E-state index is 11.0. The fourth-order valence-corrected chi connectivity index (χ4v) is 2.31. The van der Waals surface area contributed by atoms with E-state index in [0.29, 0.717) is 29.1 Å². The summed E-state index contributed by atoms with van der Waals surface area (Å²) in [5, 5.41) is 1.10. The number of amides is 2. The summed E-state index contributed by atoms with van der Waals surface area (Å²) in [4.78, 5) is 12.6. The molecule has 1 saturated heterocycles. The molecule has 0 aliphatic carbocycles. The first-order chi connectivity index (χ1) is 7.58. The molecule has 0 aromatic heterocycles. The molecule has 1 heterocycles. The van der Waals surface area contributed by atoms with Crippen molar-refractivity contribution < 1.29 is 4.79 Å². The summed E-state index contributed by atoms with van der Waals surface area (Å²) in [6.45, 7) is 1.37. The molecule has 0 bridgehead atoms. The largest absolute Gasteiger partial charge is 0.351 e. The average molecular weight is 259 g/mol. The number of halogens is 2. The van der Waals surface area contributed by atoms with Gasteiger partial charge in [0.05, 0.1) is 10.0 Å². The van der Waals surface area contributed by atoms with Crippen molar-refractivity contribution in [2.75, 3.05) is 13.1 Å². The molecule has 2 amide bonds. The van der Waals surface area contributed by atoms with E-state index in [4.69, 9.17) is 28.9 Å². The number of rotatable bonds is 1. The molecule has 2 rings (SSSR count). The number of carbonyl (C=O) groups is 1. The lowest BCUT2D eigenvalue weighted by Crippen LogP contribution is -2.33. The summed E-state index contributed by atoms with van der Waals surface area (Å²) < 4.78 is 0. The van der Waals surface area contributed by atoms with Crippen LogP contribution in [0.1, 0.15) is 17.9 Å². The summed E-state index contributed by atoms with van der Waals surface area (Å²) in [6, 6.07) is 5.23. The predicted molar refractivity (Wildman–Crippen MR) is 65.0 cm³/mol. The molecule has 1 aliphatic heterocycles. The summed E-state index contributed by atoms with van der Waals surface area (Å²) in [6.07, 6.45) is 0.918. The van der Waals surface area contributed by atoms with Crippen LogP contribution in [0.25, 0.3) is 0 Å². The van der Waals surface area contributed by atoms with E-state index in [1.807, 2.05) is 12.1 Å². The molecular weight excluding hydrogens is 247 g/mol. The van der Waals surface area contributed by atoms with Crippen LogP contribution < -0.4 is 5.73 Å². The van der Waals surface area contributed by atoms with Gasteiger partial charge >= 0.3 is 6.03 Å². The van der Waals surface area contributed by atoms with E-state index in [1.54, 1.807) is 11.0 Å². The third kappa shape index (κ3) is 2.25. The minimum absolute atomic E-state index is 0.308. The number of urea groups is 1. The zero-order valence-electron chi connectivity index (χ0n) is 8.62. The van der Waals surface area contributed by atoms with Crippen LogP contribution in [0.3, 0.4) is 0 Å². The molecule has 5 heteroatoms. The number of primary amides is 1. The lowest BCUT2D eigenvalue weighted by molar-refractivity contribution is 0.218. The number of benzene rings is 1. The van der Waals surface area contributed by atoms with Crippen LogP contribution in [-0.2, 0) is 0 Å².